The van der Waals surface area contributed by atoms with Crippen LogP contribution in [0.3, 0.4) is 0 Å². The van der Waals surface area contributed by atoms with E-state index in [2.05, 4.69) is 10.3 Å². The summed E-state index contributed by atoms with van der Waals surface area (Å²) in [6, 6.07) is 5.46. The number of rotatable bonds is 6. The number of hydrogen-bond donors (Lipinski definition) is 3. The summed E-state index contributed by atoms with van der Waals surface area (Å²) in [6.45, 7) is 1.85. The minimum absolute atomic E-state index is 0.0446. The van der Waals surface area contributed by atoms with Gasteiger partial charge in [0.15, 0.2) is 0 Å². The second-order valence-electron chi connectivity index (χ2n) is 4.85. The van der Waals surface area contributed by atoms with Gasteiger partial charge in [0.1, 0.15) is 17.4 Å². The molecule has 0 fully saturated rings. The third-order valence-electron chi connectivity index (χ3n) is 3.19. The highest BCUT2D eigenvalue weighted by atomic mass is 35.5. The monoisotopic (exact) mass is 322 g/mol. The van der Waals surface area contributed by atoms with Gasteiger partial charge in [-0.2, -0.15) is 0 Å². The van der Waals surface area contributed by atoms with Gasteiger partial charge in [-0.05, 0) is 30.7 Å². The summed E-state index contributed by atoms with van der Waals surface area (Å²) in [5, 5.41) is 22.3. The summed E-state index contributed by atoms with van der Waals surface area (Å²) in [4.78, 5) is 26.9. The van der Waals surface area contributed by atoms with Crippen LogP contribution in [-0.4, -0.2) is 33.2 Å². The average Bonchev–Trinajstić information content (AvgIpc) is 2.45. The quantitative estimate of drug-likeness (QED) is 0.755. The molecule has 0 bridgehead atoms. The number of aliphatic carboxylic acids is 1. The Morgan fingerprint density at radius 1 is 1.32 bits per heavy atom. The molecule has 22 heavy (non-hydrogen) atoms. The van der Waals surface area contributed by atoms with Gasteiger partial charge in [0.25, 0.3) is 0 Å². The van der Waals surface area contributed by atoms with Crippen LogP contribution in [0.4, 0.5) is 5.82 Å². The van der Waals surface area contributed by atoms with E-state index in [1.165, 1.54) is 6.07 Å². The molecule has 0 radical (unpaired) electrons. The smallest absolute Gasteiger partial charge is 0.339 e. The normalized spacial score (nSPS) is 12.1. The molecule has 3 N–H and O–H groups in total. The maximum atomic E-state index is 11.4. The molecule has 6 nitrogen and oxygen atoms in total. The Hall–Kier alpha value is -2.34. The van der Waals surface area contributed by atoms with Crippen LogP contribution in [0.15, 0.2) is 24.3 Å². The molecule has 0 spiro atoms. The number of carbonyl (C=O) groups is 2. The Morgan fingerprint density at radius 2 is 2.05 bits per heavy atom. The Morgan fingerprint density at radius 3 is 2.64 bits per heavy atom. The van der Waals surface area contributed by atoms with Crippen molar-refractivity contribution in [3.8, 4) is 0 Å². The molecule has 0 aliphatic carbocycles. The number of carboxylic acids is 2. The zero-order valence-corrected chi connectivity index (χ0v) is 12.6. The third-order valence-corrected chi connectivity index (χ3v) is 3.43. The van der Waals surface area contributed by atoms with Crippen molar-refractivity contribution < 1.29 is 19.8 Å². The van der Waals surface area contributed by atoms with Crippen molar-refractivity contribution in [2.45, 2.75) is 25.8 Å². The lowest BCUT2D eigenvalue weighted by Crippen LogP contribution is -2.30. The Labute approximate surface area is 131 Å². The largest absolute Gasteiger partial charge is 0.480 e. The van der Waals surface area contributed by atoms with Gasteiger partial charge in [0.2, 0.25) is 0 Å². The van der Waals surface area contributed by atoms with E-state index in [9.17, 15) is 19.8 Å². The molecule has 1 aromatic carbocycles. The van der Waals surface area contributed by atoms with Gasteiger partial charge >= 0.3 is 11.9 Å². The molecule has 2 aromatic rings. The number of benzene rings is 1. The number of hydrogen-bond acceptors (Lipinski definition) is 4. The fourth-order valence-electron chi connectivity index (χ4n) is 2.13. The van der Waals surface area contributed by atoms with Crippen LogP contribution in [0.5, 0.6) is 0 Å². The van der Waals surface area contributed by atoms with Crippen molar-refractivity contribution in [3.63, 3.8) is 0 Å². The molecular formula is C15H15ClN2O4. The summed E-state index contributed by atoms with van der Waals surface area (Å²) >= 11 is 5.89. The molecular weight excluding hydrogens is 308 g/mol. The zero-order valence-electron chi connectivity index (χ0n) is 11.8. The standard InChI is InChI=1S/C15H15ClN2O4/c1-2-3-12(15(21)22)18-13-10(14(19)20)7-8-6-9(16)4-5-11(8)17-13/h4-7,12H,2-3H2,1H3,(H,17,18)(H,19,20)(H,21,22). The second kappa shape index (κ2) is 6.62. The molecule has 1 atom stereocenters. The van der Waals surface area contributed by atoms with Crippen LogP contribution < -0.4 is 5.32 Å². The minimum Gasteiger partial charge on any atom is -0.480 e. The first-order valence-corrected chi connectivity index (χ1v) is 7.13. The first-order chi connectivity index (χ1) is 10.4. The minimum atomic E-state index is -1.18. The van der Waals surface area contributed by atoms with Crippen LogP contribution in [-0.2, 0) is 4.79 Å². The van der Waals surface area contributed by atoms with E-state index in [1.54, 1.807) is 18.2 Å². The van der Waals surface area contributed by atoms with Crippen molar-refractivity contribution in [2.75, 3.05) is 5.32 Å². The van der Waals surface area contributed by atoms with Crippen molar-refractivity contribution in [3.05, 3.63) is 34.9 Å². The van der Waals surface area contributed by atoms with E-state index in [4.69, 9.17) is 11.6 Å². The number of pyridine rings is 1. The van der Waals surface area contributed by atoms with Crippen LogP contribution in [0, 0.1) is 0 Å². The molecule has 1 aromatic heterocycles. The fraction of sp³-hybridized carbons (Fsp3) is 0.267. The molecule has 7 heteroatoms. The van der Waals surface area contributed by atoms with E-state index < -0.39 is 18.0 Å². The molecule has 0 saturated carbocycles. The van der Waals surface area contributed by atoms with E-state index >= 15 is 0 Å². The molecule has 0 aliphatic rings. The highest BCUT2D eigenvalue weighted by Gasteiger charge is 2.21. The van der Waals surface area contributed by atoms with E-state index in [-0.39, 0.29) is 11.4 Å². The van der Waals surface area contributed by atoms with Gasteiger partial charge in [0, 0.05) is 10.4 Å². The molecule has 1 unspecified atom stereocenters. The molecule has 116 valence electrons. The maximum Gasteiger partial charge on any atom is 0.339 e. The van der Waals surface area contributed by atoms with E-state index in [0.29, 0.717) is 28.8 Å². The number of anilines is 1. The number of nitrogens with zero attached hydrogens (tertiary/aromatic N) is 1. The number of nitrogens with one attached hydrogen (secondary N) is 1. The van der Waals surface area contributed by atoms with Gasteiger partial charge in [-0.1, -0.05) is 24.9 Å². The predicted octanol–water partition coefficient (Wildman–Crippen LogP) is 3.25. The highest BCUT2D eigenvalue weighted by molar-refractivity contribution is 6.31. The van der Waals surface area contributed by atoms with E-state index in [0.717, 1.165) is 0 Å². The summed E-state index contributed by atoms with van der Waals surface area (Å²) in [5.74, 6) is -2.18. The number of halogens is 1. The lowest BCUT2D eigenvalue weighted by Gasteiger charge is -2.16. The Balaban J connectivity index is 2.50. The topological polar surface area (TPSA) is 99.5 Å². The molecule has 0 saturated heterocycles. The van der Waals surface area contributed by atoms with Crippen LogP contribution in [0.25, 0.3) is 10.9 Å². The van der Waals surface area contributed by atoms with Crippen molar-refractivity contribution in [1.82, 2.24) is 4.98 Å². The first-order valence-electron chi connectivity index (χ1n) is 6.75. The molecule has 1 heterocycles. The number of aromatic nitrogens is 1. The number of aromatic carboxylic acids is 1. The van der Waals surface area contributed by atoms with Gasteiger partial charge in [-0.3, -0.25) is 0 Å². The third kappa shape index (κ3) is 3.46. The number of carboxylic acid groups (broad SMARTS) is 2. The van der Waals surface area contributed by atoms with Crippen molar-refractivity contribution in [2.24, 2.45) is 0 Å². The fourth-order valence-corrected chi connectivity index (χ4v) is 2.31. The SMILES string of the molecule is CCCC(Nc1nc2ccc(Cl)cc2cc1C(=O)O)C(=O)O. The molecule has 0 amide bonds. The second-order valence-corrected chi connectivity index (χ2v) is 5.29. The maximum absolute atomic E-state index is 11.4. The molecule has 0 aliphatic heterocycles. The average molecular weight is 323 g/mol. The summed E-state index contributed by atoms with van der Waals surface area (Å²) in [7, 11) is 0. The van der Waals surface area contributed by atoms with Gasteiger partial charge in [0.05, 0.1) is 5.52 Å². The Bertz CT molecular complexity index is 733. The summed E-state index contributed by atoms with van der Waals surface area (Å²) in [6.07, 6.45) is 1.02. The highest BCUT2D eigenvalue weighted by Crippen LogP contribution is 2.24. The Kier molecular flexibility index (Phi) is 4.82. The summed E-state index contributed by atoms with van der Waals surface area (Å²) in [5.41, 5.74) is 0.453. The lowest BCUT2D eigenvalue weighted by atomic mass is 10.1. The van der Waals surface area contributed by atoms with Gasteiger partial charge in [-0.25, -0.2) is 14.6 Å². The van der Waals surface area contributed by atoms with E-state index in [1.807, 2.05) is 6.92 Å². The molecule has 2 rings (SSSR count). The van der Waals surface area contributed by atoms with Crippen molar-refractivity contribution >= 4 is 40.3 Å². The first kappa shape index (κ1) is 16.0. The lowest BCUT2D eigenvalue weighted by molar-refractivity contribution is -0.138. The zero-order chi connectivity index (χ0) is 16.3. The van der Waals surface area contributed by atoms with Crippen molar-refractivity contribution in [1.29, 1.82) is 0 Å². The summed E-state index contributed by atoms with van der Waals surface area (Å²) < 4.78 is 0. The van der Waals surface area contributed by atoms with Crippen LogP contribution >= 0.6 is 11.6 Å². The van der Waals surface area contributed by atoms with Gasteiger partial charge < -0.3 is 15.5 Å². The number of fused-ring (bicyclic) bond motifs is 1. The van der Waals surface area contributed by atoms with Crippen LogP contribution in [0.1, 0.15) is 30.1 Å². The van der Waals surface area contributed by atoms with Gasteiger partial charge in [-0.15, -0.1) is 0 Å². The van der Waals surface area contributed by atoms with Crippen LogP contribution in [0.2, 0.25) is 5.02 Å². The predicted molar refractivity (Wildman–Crippen MR) is 83.7 cm³/mol.